The summed E-state index contributed by atoms with van der Waals surface area (Å²) in [7, 11) is 0. The first-order valence-corrected chi connectivity index (χ1v) is 3.82. The van der Waals surface area contributed by atoms with Crippen LogP contribution in [0.3, 0.4) is 0 Å². The molecule has 2 nitrogen and oxygen atoms in total. The van der Waals surface area contributed by atoms with Gasteiger partial charge in [-0.15, -0.1) is 11.3 Å². The topological polar surface area (TPSA) is 38.9 Å². The summed E-state index contributed by atoms with van der Waals surface area (Å²) in [5.41, 5.74) is 5.39. The second-order valence-electron chi connectivity index (χ2n) is 1.78. The van der Waals surface area contributed by atoms with E-state index in [1.165, 1.54) is 9.88 Å². The minimum absolute atomic E-state index is 0.623. The van der Waals surface area contributed by atoms with Gasteiger partial charge in [0.1, 0.15) is 0 Å². The van der Waals surface area contributed by atoms with E-state index >= 15 is 0 Å². The molecule has 1 aromatic rings. The van der Waals surface area contributed by atoms with Crippen LogP contribution in [0, 0.1) is 0 Å². The average molecular weight is 142 g/mol. The molecule has 1 rings (SSSR count). The molecule has 0 unspecified atom stereocenters. The average Bonchev–Trinajstić information content (AvgIpc) is 2.34. The minimum Gasteiger partial charge on any atom is -0.326 e. The highest BCUT2D eigenvalue weighted by atomic mass is 32.1. The van der Waals surface area contributed by atoms with Crippen molar-refractivity contribution >= 4 is 11.3 Å². The largest absolute Gasteiger partial charge is 0.326 e. The highest BCUT2D eigenvalue weighted by Gasteiger charge is 1.95. The maximum Gasteiger partial charge on any atom is 0.0925 e. The van der Waals surface area contributed by atoms with Gasteiger partial charge in [-0.05, 0) is 6.42 Å². The van der Waals surface area contributed by atoms with Crippen LogP contribution in [-0.4, -0.2) is 4.98 Å². The lowest BCUT2D eigenvalue weighted by Gasteiger charge is -1.82. The van der Waals surface area contributed by atoms with Gasteiger partial charge in [-0.1, -0.05) is 6.92 Å². The maximum atomic E-state index is 5.39. The van der Waals surface area contributed by atoms with Crippen LogP contribution in [0.25, 0.3) is 0 Å². The van der Waals surface area contributed by atoms with Gasteiger partial charge in [-0.2, -0.15) is 0 Å². The molecule has 1 aromatic heterocycles. The molecule has 9 heavy (non-hydrogen) atoms. The second kappa shape index (κ2) is 2.94. The zero-order chi connectivity index (χ0) is 6.69. The van der Waals surface area contributed by atoms with Gasteiger partial charge in [-0.3, -0.25) is 0 Å². The fourth-order valence-electron chi connectivity index (χ4n) is 0.606. The van der Waals surface area contributed by atoms with Crippen LogP contribution in [0.1, 0.15) is 16.8 Å². The Labute approximate surface area is 58.7 Å². The zero-order valence-corrected chi connectivity index (χ0v) is 6.24. The Bertz CT molecular complexity index is 164. The van der Waals surface area contributed by atoms with Gasteiger partial charge >= 0.3 is 0 Å². The molecule has 0 saturated carbocycles. The molecule has 0 amide bonds. The molecule has 0 aliphatic heterocycles. The minimum atomic E-state index is 0.623. The summed E-state index contributed by atoms with van der Waals surface area (Å²) in [6, 6.07) is 0. The van der Waals surface area contributed by atoms with Crippen LogP contribution in [0.4, 0.5) is 0 Å². The van der Waals surface area contributed by atoms with E-state index in [4.69, 9.17) is 5.73 Å². The number of hydrogen-bond donors (Lipinski definition) is 1. The zero-order valence-electron chi connectivity index (χ0n) is 5.42. The first-order valence-electron chi connectivity index (χ1n) is 3.00. The molecule has 2 N–H and O–H groups in total. The van der Waals surface area contributed by atoms with Crippen LogP contribution in [0.15, 0.2) is 6.20 Å². The molecule has 0 fully saturated rings. The summed E-state index contributed by atoms with van der Waals surface area (Å²) >= 11 is 1.70. The van der Waals surface area contributed by atoms with Crippen molar-refractivity contribution in [1.29, 1.82) is 0 Å². The number of aromatic nitrogens is 1. The molecule has 0 radical (unpaired) electrons. The predicted octanol–water partition coefficient (Wildman–Crippen LogP) is 1.16. The van der Waals surface area contributed by atoms with E-state index in [2.05, 4.69) is 11.9 Å². The number of thiazole rings is 1. The van der Waals surface area contributed by atoms with E-state index in [-0.39, 0.29) is 0 Å². The predicted molar refractivity (Wildman–Crippen MR) is 39.4 cm³/mol. The van der Waals surface area contributed by atoms with Crippen molar-refractivity contribution in [3.8, 4) is 0 Å². The van der Waals surface area contributed by atoms with E-state index in [0.29, 0.717) is 6.54 Å². The number of rotatable bonds is 2. The number of hydrogen-bond acceptors (Lipinski definition) is 3. The summed E-state index contributed by atoms with van der Waals surface area (Å²) in [5.74, 6) is 0. The van der Waals surface area contributed by atoms with Crippen molar-refractivity contribution in [1.82, 2.24) is 4.98 Å². The molecule has 50 valence electrons. The van der Waals surface area contributed by atoms with E-state index in [1.54, 1.807) is 11.3 Å². The fourth-order valence-corrected chi connectivity index (χ4v) is 1.35. The highest BCUT2D eigenvalue weighted by Crippen LogP contribution is 2.11. The summed E-state index contributed by atoms with van der Waals surface area (Å²) < 4.78 is 0. The smallest absolute Gasteiger partial charge is 0.0925 e. The van der Waals surface area contributed by atoms with Crippen molar-refractivity contribution < 1.29 is 0 Å². The summed E-state index contributed by atoms with van der Waals surface area (Å²) in [6.07, 6.45) is 2.87. The Balaban J connectivity index is 2.74. The molecule has 0 saturated heterocycles. The lowest BCUT2D eigenvalue weighted by atomic mass is 10.5. The number of aryl methyl sites for hydroxylation is 1. The third kappa shape index (κ3) is 1.50. The van der Waals surface area contributed by atoms with Gasteiger partial charge in [0, 0.05) is 17.6 Å². The van der Waals surface area contributed by atoms with Crippen LogP contribution >= 0.6 is 11.3 Å². The third-order valence-corrected chi connectivity index (χ3v) is 2.27. The molecule has 0 aliphatic rings. The molecule has 0 atom stereocenters. The van der Waals surface area contributed by atoms with Crippen molar-refractivity contribution in [2.75, 3.05) is 0 Å². The monoisotopic (exact) mass is 142 g/mol. The maximum absolute atomic E-state index is 5.39. The summed E-state index contributed by atoms with van der Waals surface area (Å²) in [6.45, 7) is 2.72. The molecule has 0 bridgehead atoms. The second-order valence-corrected chi connectivity index (χ2v) is 2.98. The Hall–Kier alpha value is -0.410. The molecule has 1 heterocycles. The van der Waals surface area contributed by atoms with Crippen molar-refractivity contribution in [2.24, 2.45) is 5.73 Å². The van der Waals surface area contributed by atoms with Crippen LogP contribution < -0.4 is 5.73 Å². The van der Waals surface area contributed by atoms with E-state index in [0.717, 1.165) is 6.42 Å². The first-order chi connectivity index (χ1) is 4.36. The van der Waals surface area contributed by atoms with E-state index < -0.39 is 0 Å². The van der Waals surface area contributed by atoms with Crippen LogP contribution in [0.5, 0.6) is 0 Å². The van der Waals surface area contributed by atoms with Gasteiger partial charge in [0.15, 0.2) is 0 Å². The number of nitrogens with two attached hydrogens (primary N) is 1. The van der Waals surface area contributed by atoms with Gasteiger partial charge in [-0.25, -0.2) is 4.98 Å². The molecule has 0 aromatic carbocycles. The van der Waals surface area contributed by atoms with E-state index in [1.807, 2.05) is 6.20 Å². The van der Waals surface area contributed by atoms with Crippen molar-refractivity contribution in [2.45, 2.75) is 19.9 Å². The molecule has 0 aliphatic carbocycles. The van der Waals surface area contributed by atoms with Crippen molar-refractivity contribution in [3.63, 3.8) is 0 Å². The van der Waals surface area contributed by atoms with Crippen molar-refractivity contribution in [3.05, 3.63) is 16.1 Å². The van der Waals surface area contributed by atoms with Crippen LogP contribution in [0.2, 0.25) is 0 Å². The van der Waals surface area contributed by atoms with E-state index in [9.17, 15) is 0 Å². The standard InChI is InChI=1S/C6H10N2S/c1-2-6-8-4-5(3-7)9-6/h4H,2-3,7H2,1H3. The number of nitrogens with zero attached hydrogens (tertiary/aromatic N) is 1. The lowest BCUT2D eigenvalue weighted by Crippen LogP contribution is -1.91. The van der Waals surface area contributed by atoms with Gasteiger partial charge in [0.2, 0.25) is 0 Å². The Morgan fingerprint density at radius 1 is 1.78 bits per heavy atom. The Kier molecular flexibility index (Phi) is 2.19. The molecule has 3 heteroatoms. The molecular formula is C6H10N2S. The molecular weight excluding hydrogens is 132 g/mol. The normalized spacial score (nSPS) is 10.0. The fraction of sp³-hybridized carbons (Fsp3) is 0.500. The van der Waals surface area contributed by atoms with Crippen LogP contribution in [-0.2, 0) is 13.0 Å². The quantitative estimate of drug-likeness (QED) is 0.673. The first kappa shape index (κ1) is 6.71. The SMILES string of the molecule is CCc1ncc(CN)s1. The summed E-state index contributed by atoms with van der Waals surface area (Å²) in [4.78, 5) is 5.32. The Morgan fingerprint density at radius 3 is 2.89 bits per heavy atom. The molecule has 0 spiro atoms. The third-order valence-electron chi connectivity index (χ3n) is 1.11. The Morgan fingerprint density at radius 2 is 2.56 bits per heavy atom. The summed E-state index contributed by atoms with van der Waals surface area (Å²) in [5, 5.41) is 1.18. The highest BCUT2D eigenvalue weighted by molar-refractivity contribution is 7.11. The van der Waals surface area contributed by atoms with Gasteiger partial charge in [0.05, 0.1) is 5.01 Å². The lowest BCUT2D eigenvalue weighted by molar-refractivity contribution is 1.07. The van der Waals surface area contributed by atoms with Gasteiger partial charge in [0.25, 0.3) is 0 Å². The van der Waals surface area contributed by atoms with Gasteiger partial charge < -0.3 is 5.73 Å².